The van der Waals surface area contributed by atoms with Crippen molar-refractivity contribution in [1.82, 2.24) is 9.88 Å². The molecule has 1 N–H and O–H groups in total. The van der Waals surface area contributed by atoms with Crippen molar-refractivity contribution in [3.8, 4) is 0 Å². The number of carbonyl (C=O) groups excluding carboxylic acids is 2. The molecule has 4 rings (SSSR count). The number of carbonyl (C=O) groups is 2. The van der Waals surface area contributed by atoms with E-state index in [9.17, 15) is 14.4 Å². The molecule has 28 heavy (non-hydrogen) atoms. The Morgan fingerprint density at radius 3 is 2.68 bits per heavy atom. The topological polar surface area (TPSA) is 70.2 Å². The van der Waals surface area contributed by atoms with Gasteiger partial charge in [-0.3, -0.25) is 14.4 Å². The zero-order valence-electron chi connectivity index (χ0n) is 15.8. The molecule has 1 aromatic heterocycles. The minimum Gasteiger partial charge on any atom is -0.332 e. The van der Waals surface area contributed by atoms with Crippen LogP contribution in [0.3, 0.4) is 0 Å². The highest BCUT2D eigenvalue weighted by Crippen LogP contribution is 2.23. The van der Waals surface area contributed by atoms with Crippen molar-refractivity contribution < 1.29 is 9.59 Å². The summed E-state index contributed by atoms with van der Waals surface area (Å²) in [7, 11) is 0. The number of hydrogen-bond acceptors (Lipinski definition) is 3. The van der Waals surface area contributed by atoms with Gasteiger partial charge in [-0.15, -0.1) is 0 Å². The molecular weight excluding hydrogens is 352 g/mol. The first-order valence-corrected chi connectivity index (χ1v) is 9.54. The first kappa shape index (κ1) is 18.2. The second-order valence-electron chi connectivity index (χ2n) is 7.36. The van der Waals surface area contributed by atoms with E-state index >= 15 is 0 Å². The van der Waals surface area contributed by atoms with Gasteiger partial charge in [0.15, 0.2) is 5.78 Å². The first-order chi connectivity index (χ1) is 13.5. The molecule has 2 heterocycles. The van der Waals surface area contributed by atoms with Gasteiger partial charge >= 0.3 is 0 Å². The standard InChI is InChI=1S/C23H22N2O3/c1-15-12-18-13-16(9-10-19(18)24-23(15)28)14-21(26)25-11-5-8-20(25)22(27)17-6-3-2-4-7-17/h2-4,6-7,9-10,12-13,20H,5,8,11,14H2,1H3,(H,24,28). The van der Waals surface area contributed by atoms with Crippen LogP contribution in [-0.4, -0.2) is 34.2 Å². The Morgan fingerprint density at radius 2 is 1.89 bits per heavy atom. The number of Topliss-reactive ketones (excluding diaryl/α,β-unsaturated/α-hetero) is 1. The number of nitrogens with zero attached hydrogens (tertiary/aromatic N) is 1. The molecule has 1 fully saturated rings. The minimum absolute atomic E-state index is 0.0122. The van der Waals surface area contributed by atoms with Crippen LogP contribution in [0.1, 0.15) is 34.3 Å². The number of aryl methyl sites for hydroxylation is 1. The Morgan fingerprint density at radius 1 is 1.11 bits per heavy atom. The molecule has 1 atom stereocenters. The van der Waals surface area contributed by atoms with Gasteiger partial charge in [-0.2, -0.15) is 0 Å². The van der Waals surface area contributed by atoms with Gasteiger partial charge in [-0.25, -0.2) is 0 Å². The lowest BCUT2D eigenvalue weighted by Gasteiger charge is -2.24. The average molecular weight is 374 g/mol. The molecule has 3 aromatic rings. The quantitative estimate of drug-likeness (QED) is 0.713. The molecule has 0 spiro atoms. The molecule has 0 aliphatic carbocycles. The molecule has 1 aliphatic rings. The van der Waals surface area contributed by atoms with Crippen LogP contribution in [0.2, 0.25) is 0 Å². The number of H-pyrrole nitrogens is 1. The number of hydrogen-bond donors (Lipinski definition) is 1. The summed E-state index contributed by atoms with van der Waals surface area (Å²) in [6.45, 7) is 2.38. The van der Waals surface area contributed by atoms with Gasteiger partial charge in [0, 0.05) is 23.2 Å². The maximum atomic E-state index is 12.9. The minimum atomic E-state index is -0.381. The molecule has 0 saturated carbocycles. The van der Waals surface area contributed by atoms with Crippen molar-refractivity contribution in [2.45, 2.75) is 32.2 Å². The van der Waals surface area contributed by atoms with Crippen molar-refractivity contribution >= 4 is 22.6 Å². The van der Waals surface area contributed by atoms with Gasteiger partial charge in [0.1, 0.15) is 0 Å². The molecule has 0 radical (unpaired) electrons. The van der Waals surface area contributed by atoms with Gasteiger partial charge in [-0.05, 0) is 48.9 Å². The third kappa shape index (κ3) is 3.48. The summed E-state index contributed by atoms with van der Waals surface area (Å²) in [5.74, 6) is -0.0227. The molecule has 0 bridgehead atoms. The normalized spacial score (nSPS) is 16.5. The lowest BCUT2D eigenvalue weighted by atomic mass is 10.0. The Balaban J connectivity index is 1.54. The van der Waals surface area contributed by atoms with Crippen molar-refractivity contribution in [3.63, 3.8) is 0 Å². The summed E-state index contributed by atoms with van der Waals surface area (Å²) in [4.78, 5) is 42.1. The Kier molecular flexibility index (Phi) is 4.82. The number of fused-ring (bicyclic) bond motifs is 1. The van der Waals surface area contributed by atoms with Crippen molar-refractivity contribution in [3.05, 3.63) is 81.6 Å². The number of nitrogens with one attached hydrogen (secondary N) is 1. The fourth-order valence-electron chi connectivity index (χ4n) is 3.88. The number of pyridine rings is 1. The third-order valence-corrected chi connectivity index (χ3v) is 5.38. The second-order valence-corrected chi connectivity index (χ2v) is 7.36. The highest BCUT2D eigenvalue weighted by Gasteiger charge is 2.34. The zero-order valence-corrected chi connectivity index (χ0v) is 15.8. The van der Waals surface area contributed by atoms with E-state index in [2.05, 4.69) is 4.98 Å². The SMILES string of the molecule is Cc1cc2cc(CC(=O)N3CCCC3C(=O)c3ccccc3)ccc2[nH]c1=O. The number of likely N-dealkylation sites (tertiary alicyclic amines) is 1. The van der Waals surface area contributed by atoms with Gasteiger partial charge < -0.3 is 9.88 Å². The highest BCUT2D eigenvalue weighted by molar-refractivity contribution is 6.02. The van der Waals surface area contributed by atoms with Crippen LogP contribution in [0.5, 0.6) is 0 Å². The lowest BCUT2D eigenvalue weighted by molar-refractivity contribution is -0.130. The fraction of sp³-hybridized carbons (Fsp3) is 0.261. The number of ketones is 1. The zero-order chi connectivity index (χ0) is 19.7. The monoisotopic (exact) mass is 374 g/mol. The number of aromatic nitrogens is 1. The van der Waals surface area contributed by atoms with Crippen molar-refractivity contribution in [1.29, 1.82) is 0 Å². The van der Waals surface area contributed by atoms with E-state index in [1.807, 2.05) is 42.5 Å². The Labute approximate surface area is 163 Å². The van der Waals surface area contributed by atoms with Crippen LogP contribution in [-0.2, 0) is 11.2 Å². The van der Waals surface area contributed by atoms with Crippen LogP contribution in [0.15, 0.2) is 59.4 Å². The Hall–Kier alpha value is -3.21. The summed E-state index contributed by atoms with van der Waals surface area (Å²) >= 11 is 0. The molecule has 142 valence electrons. The van der Waals surface area contributed by atoms with E-state index < -0.39 is 0 Å². The van der Waals surface area contributed by atoms with Crippen molar-refractivity contribution in [2.75, 3.05) is 6.54 Å². The molecule has 1 amide bonds. The predicted molar refractivity (Wildman–Crippen MR) is 109 cm³/mol. The van der Waals surface area contributed by atoms with E-state index in [0.717, 1.165) is 22.9 Å². The first-order valence-electron chi connectivity index (χ1n) is 9.54. The Bertz CT molecular complexity index is 1100. The third-order valence-electron chi connectivity index (χ3n) is 5.38. The summed E-state index contributed by atoms with van der Waals surface area (Å²) in [6.07, 6.45) is 1.79. The van der Waals surface area contributed by atoms with Crippen LogP contribution in [0, 0.1) is 6.92 Å². The molecular formula is C23H22N2O3. The summed E-state index contributed by atoms with van der Waals surface area (Å²) in [5.41, 5.74) is 2.82. The van der Waals surface area contributed by atoms with Gasteiger partial charge in [0.05, 0.1) is 12.5 Å². The van der Waals surface area contributed by atoms with E-state index in [0.29, 0.717) is 24.1 Å². The number of benzene rings is 2. The maximum Gasteiger partial charge on any atom is 0.251 e. The van der Waals surface area contributed by atoms with Crippen LogP contribution >= 0.6 is 0 Å². The maximum absolute atomic E-state index is 12.9. The van der Waals surface area contributed by atoms with Crippen LogP contribution in [0.25, 0.3) is 10.9 Å². The molecule has 1 aliphatic heterocycles. The smallest absolute Gasteiger partial charge is 0.251 e. The summed E-state index contributed by atoms with van der Waals surface area (Å²) < 4.78 is 0. The second kappa shape index (κ2) is 7.43. The van der Waals surface area contributed by atoms with Gasteiger partial charge in [0.25, 0.3) is 5.56 Å². The summed E-state index contributed by atoms with van der Waals surface area (Å²) in [5, 5.41) is 0.903. The molecule has 2 aromatic carbocycles. The molecule has 5 nitrogen and oxygen atoms in total. The highest BCUT2D eigenvalue weighted by atomic mass is 16.2. The van der Waals surface area contributed by atoms with E-state index in [1.54, 1.807) is 24.0 Å². The van der Waals surface area contributed by atoms with E-state index in [4.69, 9.17) is 0 Å². The average Bonchev–Trinajstić information content (AvgIpc) is 3.19. The number of rotatable bonds is 4. The van der Waals surface area contributed by atoms with Gasteiger partial charge in [0.2, 0.25) is 5.91 Å². The lowest BCUT2D eigenvalue weighted by Crippen LogP contribution is -2.41. The predicted octanol–water partition coefficient (Wildman–Crippen LogP) is 3.25. The van der Waals surface area contributed by atoms with Gasteiger partial charge in [-0.1, -0.05) is 36.4 Å². The van der Waals surface area contributed by atoms with Crippen LogP contribution < -0.4 is 5.56 Å². The molecule has 5 heteroatoms. The fourth-order valence-corrected chi connectivity index (χ4v) is 3.88. The van der Waals surface area contributed by atoms with E-state index in [-0.39, 0.29) is 29.7 Å². The number of aromatic amines is 1. The molecule has 1 unspecified atom stereocenters. The molecule has 1 saturated heterocycles. The van der Waals surface area contributed by atoms with Crippen molar-refractivity contribution in [2.24, 2.45) is 0 Å². The number of amides is 1. The largest absolute Gasteiger partial charge is 0.332 e. The van der Waals surface area contributed by atoms with Crippen LogP contribution in [0.4, 0.5) is 0 Å². The summed E-state index contributed by atoms with van der Waals surface area (Å²) in [6, 6.07) is 16.2. The van der Waals surface area contributed by atoms with E-state index in [1.165, 1.54) is 0 Å².